The Labute approximate surface area is 216 Å². The summed E-state index contributed by atoms with van der Waals surface area (Å²) in [6, 6.07) is 12.7. The Balaban J connectivity index is 1.62. The Morgan fingerprint density at radius 2 is 1.94 bits per heavy atom. The van der Waals surface area contributed by atoms with E-state index in [1.165, 1.54) is 6.92 Å². The molecule has 4 rings (SSSR count). The molecule has 3 atom stereocenters. The zero-order valence-electron chi connectivity index (χ0n) is 20.4. The predicted molar refractivity (Wildman–Crippen MR) is 137 cm³/mol. The molecule has 35 heavy (non-hydrogen) atoms. The number of ether oxygens (including phenoxy) is 1. The smallest absolute Gasteiger partial charge is 0.308 e. The molecule has 2 aromatic carbocycles. The monoisotopic (exact) mass is 518 g/mol. The highest BCUT2D eigenvalue weighted by Gasteiger charge is 2.57. The molecule has 0 bridgehead atoms. The van der Waals surface area contributed by atoms with Crippen molar-refractivity contribution in [2.24, 2.45) is 0 Å². The van der Waals surface area contributed by atoms with Gasteiger partial charge in [0.2, 0.25) is 5.91 Å². The number of hydrogen-bond acceptors (Lipinski definition) is 5. The maximum Gasteiger partial charge on any atom is 0.308 e. The van der Waals surface area contributed by atoms with E-state index in [2.05, 4.69) is 4.90 Å². The first-order valence-corrected chi connectivity index (χ1v) is 12.7. The number of carbonyl (C=O) groups is 2. The number of amides is 1. The van der Waals surface area contributed by atoms with Gasteiger partial charge in [-0.05, 0) is 74.7 Å². The zero-order chi connectivity index (χ0) is 25.4. The number of hydrogen-bond donors (Lipinski definition) is 1. The molecule has 0 unspecified atom stereocenters. The number of likely N-dealkylation sites (N-methyl/N-ethyl adjacent to an activating group) is 2. The van der Waals surface area contributed by atoms with E-state index in [9.17, 15) is 14.7 Å². The van der Waals surface area contributed by atoms with E-state index in [0.717, 1.165) is 24.1 Å². The van der Waals surface area contributed by atoms with Crippen molar-refractivity contribution in [2.45, 2.75) is 56.1 Å². The Morgan fingerprint density at radius 3 is 2.66 bits per heavy atom. The number of halogens is 2. The standard InChI is InChI=1S/C27H32Cl2N2O4/c1-18(32)35-22-6-4-5-20(15-22)26-11-12-30(2)17-27(26,34)10-9-21(16-26)31(3)25(33)14-19-7-8-23(28)24(29)13-19/h4-8,13,15,21,34H,9-12,14,16-17H2,1-3H3/t21-,26+,27+/m1/s1. The topological polar surface area (TPSA) is 70.1 Å². The summed E-state index contributed by atoms with van der Waals surface area (Å²) < 4.78 is 5.36. The predicted octanol–water partition coefficient (Wildman–Crippen LogP) is 4.48. The molecule has 1 heterocycles. The number of fused-ring (bicyclic) bond motifs is 1. The molecule has 0 radical (unpaired) electrons. The van der Waals surface area contributed by atoms with Gasteiger partial charge < -0.3 is 19.6 Å². The Morgan fingerprint density at radius 1 is 1.17 bits per heavy atom. The van der Waals surface area contributed by atoms with Crippen molar-refractivity contribution in [3.8, 4) is 5.75 Å². The summed E-state index contributed by atoms with van der Waals surface area (Å²) in [6.07, 6.45) is 2.88. The molecular formula is C27H32Cl2N2O4. The summed E-state index contributed by atoms with van der Waals surface area (Å²) in [5.41, 5.74) is 0.254. The Hall–Kier alpha value is -2.12. The van der Waals surface area contributed by atoms with Gasteiger partial charge in [-0.3, -0.25) is 9.59 Å². The van der Waals surface area contributed by atoms with Crippen LogP contribution in [0, 0.1) is 0 Å². The van der Waals surface area contributed by atoms with Crippen LogP contribution < -0.4 is 4.74 Å². The van der Waals surface area contributed by atoms with Crippen LogP contribution in [-0.2, 0) is 21.4 Å². The molecule has 1 saturated heterocycles. The molecule has 1 N–H and O–H groups in total. The fourth-order valence-electron chi connectivity index (χ4n) is 5.85. The van der Waals surface area contributed by atoms with Crippen molar-refractivity contribution in [1.82, 2.24) is 9.80 Å². The molecule has 188 valence electrons. The largest absolute Gasteiger partial charge is 0.427 e. The fraction of sp³-hybridized carbons (Fsp3) is 0.481. The van der Waals surface area contributed by atoms with E-state index >= 15 is 0 Å². The Kier molecular flexibility index (Phi) is 7.49. The van der Waals surface area contributed by atoms with Gasteiger partial charge in [0.05, 0.1) is 22.1 Å². The van der Waals surface area contributed by atoms with Crippen molar-refractivity contribution in [3.63, 3.8) is 0 Å². The number of benzene rings is 2. The molecule has 1 aliphatic heterocycles. The van der Waals surface area contributed by atoms with Crippen LogP contribution in [0.15, 0.2) is 42.5 Å². The second kappa shape index (κ2) is 10.1. The van der Waals surface area contributed by atoms with Gasteiger partial charge in [0.25, 0.3) is 0 Å². The number of aliphatic hydroxyl groups is 1. The van der Waals surface area contributed by atoms with Gasteiger partial charge in [0.1, 0.15) is 5.75 Å². The first-order valence-electron chi connectivity index (χ1n) is 11.9. The number of likely N-dealkylation sites (tertiary alicyclic amines) is 1. The summed E-state index contributed by atoms with van der Waals surface area (Å²) in [5.74, 6) is 0.0832. The average Bonchev–Trinajstić information content (AvgIpc) is 2.80. The summed E-state index contributed by atoms with van der Waals surface area (Å²) in [7, 11) is 3.86. The number of piperidine rings is 1. The second-order valence-corrected chi connectivity index (χ2v) is 10.9. The maximum atomic E-state index is 13.2. The van der Waals surface area contributed by atoms with Crippen LogP contribution in [0.25, 0.3) is 0 Å². The van der Waals surface area contributed by atoms with Crippen molar-refractivity contribution in [3.05, 3.63) is 63.6 Å². The van der Waals surface area contributed by atoms with E-state index < -0.39 is 11.0 Å². The van der Waals surface area contributed by atoms with Gasteiger partial charge in [0.15, 0.2) is 0 Å². The quantitative estimate of drug-likeness (QED) is 0.466. The van der Waals surface area contributed by atoms with Crippen LogP contribution in [0.3, 0.4) is 0 Å². The highest BCUT2D eigenvalue weighted by atomic mass is 35.5. The van der Waals surface area contributed by atoms with Gasteiger partial charge in [-0.15, -0.1) is 0 Å². The molecule has 0 spiro atoms. The van der Waals surface area contributed by atoms with Crippen LogP contribution in [0.2, 0.25) is 10.0 Å². The third kappa shape index (κ3) is 5.21. The lowest BCUT2D eigenvalue weighted by molar-refractivity contribution is -0.145. The van der Waals surface area contributed by atoms with E-state index in [0.29, 0.717) is 41.6 Å². The van der Waals surface area contributed by atoms with Gasteiger partial charge in [-0.1, -0.05) is 41.4 Å². The molecule has 1 amide bonds. The third-order valence-corrected chi connectivity index (χ3v) is 8.49. The minimum absolute atomic E-state index is 0.00410. The number of nitrogens with zero attached hydrogens (tertiary/aromatic N) is 2. The first-order chi connectivity index (χ1) is 16.5. The van der Waals surface area contributed by atoms with E-state index in [1.807, 2.05) is 43.3 Å². The van der Waals surface area contributed by atoms with Gasteiger partial charge >= 0.3 is 5.97 Å². The Bertz CT molecular complexity index is 1130. The highest BCUT2D eigenvalue weighted by molar-refractivity contribution is 6.42. The third-order valence-electron chi connectivity index (χ3n) is 7.75. The van der Waals surface area contributed by atoms with Gasteiger partial charge in [-0.2, -0.15) is 0 Å². The second-order valence-electron chi connectivity index (χ2n) is 10.0. The van der Waals surface area contributed by atoms with E-state index in [1.54, 1.807) is 18.2 Å². The molecule has 1 saturated carbocycles. The number of β-amino-alcohol motifs (C(OH)–C–C–N with tert-alkyl or cyclic N) is 1. The molecule has 2 aromatic rings. The summed E-state index contributed by atoms with van der Waals surface area (Å²) >= 11 is 12.2. The van der Waals surface area contributed by atoms with E-state index in [-0.39, 0.29) is 24.3 Å². The minimum Gasteiger partial charge on any atom is -0.427 e. The van der Waals surface area contributed by atoms with Crippen LogP contribution in [-0.4, -0.2) is 65.6 Å². The summed E-state index contributed by atoms with van der Waals surface area (Å²) in [6.45, 7) is 2.76. The maximum absolute atomic E-state index is 13.2. The molecule has 8 heteroatoms. The normalized spacial score (nSPS) is 26.6. The molecule has 0 aromatic heterocycles. The lowest BCUT2D eigenvalue weighted by Gasteiger charge is -2.58. The highest BCUT2D eigenvalue weighted by Crippen LogP contribution is 2.52. The summed E-state index contributed by atoms with van der Waals surface area (Å²) in [5, 5.41) is 12.9. The number of carbonyl (C=O) groups excluding carboxylic acids is 2. The van der Waals surface area contributed by atoms with Crippen molar-refractivity contribution < 1.29 is 19.4 Å². The zero-order valence-corrected chi connectivity index (χ0v) is 21.9. The van der Waals surface area contributed by atoms with Gasteiger partial charge in [-0.25, -0.2) is 0 Å². The number of rotatable bonds is 5. The van der Waals surface area contributed by atoms with Gasteiger partial charge in [0, 0.05) is 32.0 Å². The molecule has 2 aliphatic rings. The lowest BCUT2D eigenvalue weighted by Crippen LogP contribution is -2.66. The lowest BCUT2D eigenvalue weighted by atomic mass is 9.55. The average molecular weight is 519 g/mol. The molecule has 1 aliphatic carbocycles. The summed E-state index contributed by atoms with van der Waals surface area (Å²) in [4.78, 5) is 28.8. The van der Waals surface area contributed by atoms with Crippen molar-refractivity contribution in [2.75, 3.05) is 27.2 Å². The number of esters is 1. The van der Waals surface area contributed by atoms with Crippen LogP contribution in [0.1, 0.15) is 43.7 Å². The van der Waals surface area contributed by atoms with Crippen LogP contribution in [0.4, 0.5) is 0 Å². The van der Waals surface area contributed by atoms with E-state index in [4.69, 9.17) is 27.9 Å². The SMILES string of the molecule is CC(=O)Oc1cccc([C@@]23CCN(C)C[C@@]2(O)CC[C@@H](N(C)C(=O)Cc2ccc(Cl)c(Cl)c2)C3)c1. The molecule has 2 fully saturated rings. The molecular weight excluding hydrogens is 487 g/mol. The van der Waals surface area contributed by atoms with Crippen LogP contribution in [0.5, 0.6) is 5.75 Å². The van der Waals surface area contributed by atoms with Crippen LogP contribution >= 0.6 is 23.2 Å². The molecule has 6 nitrogen and oxygen atoms in total. The van der Waals surface area contributed by atoms with Crippen molar-refractivity contribution in [1.29, 1.82) is 0 Å². The first kappa shape index (κ1) is 26.0. The fourth-order valence-corrected chi connectivity index (χ4v) is 6.17. The van der Waals surface area contributed by atoms with Crippen molar-refractivity contribution >= 4 is 35.1 Å². The minimum atomic E-state index is -0.945.